The highest BCUT2D eigenvalue weighted by Crippen LogP contribution is 2.12. The molecule has 0 bridgehead atoms. The largest absolute Gasteiger partial charge is 0.780 e. The minimum Gasteiger partial charge on any atom is -0.780 e. The van der Waals surface area contributed by atoms with Crippen molar-refractivity contribution in [3.63, 3.8) is 0 Å². The number of nitro benzene ring substituents is 1. The Morgan fingerprint density at radius 1 is 0.929 bits per heavy atom. The van der Waals surface area contributed by atoms with Gasteiger partial charge < -0.3 is 12.6 Å². The molecule has 0 radical (unpaired) electrons. The third-order valence-corrected chi connectivity index (χ3v) is 4.41. The van der Waals surface area contributed by atoms with E-state index in [-0.39, 0.29) is 17.4 Å². The van der Waals surface area contributed by atoms with Crippen molar-refractivity contribution < 1.29 is 19.1 Å². The molecule has 0 amide bonds. The molecule has 0 saturated carbocycles. The number of hydrogen-bond donors (Lipinski definition) is 0. The number of rotatable bonds is 3. The topological polar surface area (TPSA) is 81.2 Å². The fourth-order valence-corrected chi connectivity index (χ4v) is 2.51. The standard InChI is InChI=1S/C14H11N2O4.C6H5BrS/c1-10(17)11-6-8-15(9-7-11)14(18)12-2-4-13(5-3-12)16(19)20;7-5-1-3-6(8)4-2-5/h2-9H,1H3;1-4,8H/q+1;/p-1. The van der Waals surface area contributed by atoms with Crippen LogP contribution in [0.4, 0.5) is 5.69 Å². The number of hydrogen-bond acceptors (Lipinski definition) is 5. The molecule has 1 aromatic heterocycles. The van der Waals surface area contributed by atoms with Gasteiger partial charge in [-0.2, -0.15) is 4.90 Å². The van der Waals surface area contributed by atoms with Crippen LogP contribution in [-0.2, 0) is 12.6 Å². The molecule has 3 rings (SSSR count). The van der Waals surface area contributed by atoms with Gasteiger partial charge in [0, 0.05) is 34.3 Å². The average molecular weight is 459 g/mol. The van der Waals surface area contributed by atoms with Gasteiger partial charge in [-0.05, 0) is 31.2 Å². The van der Waals surface area contributed by atoms with Crippen LogP contribution in [-0.4, -0.2) is 16.6 Å². The number of carbonyl (C=O) groups excluding carboxylic acids is 2. The van der Waals surface area contributed by atoms with Crippen molar-refractivity contribution in [2.24, 2.45) is 0 Å². The Morgan fingerprint density at radius 3 is 1.89 bits per heavy atom. The van der Waals surface area contributed by atoms with Crippen LogP contribution in [0.3, 0.4) is 0 Å². The number of Topliss-reactive ketones (excluding diaryl/α,β-unsaturated/α-hetero) is 1. The zero-order valence-electron chi connectivity index (χ0n) is 14.7. The van der Waals surface area contributed by atoms with Crippen molar-refractivity contribution in [3.8, 4) is 0 Å². The highest BCUT2D eigenvalue weighted by molar-refractivity contribution is 9.10. The molecule has 0 aliphatic heterocycles. The van der Waals surface area contributed by atoms with Crippen molar-refractivity contribution in [3.05, 3.63) is 98.8 Å². The third-order valence-electron chi connectivity index (χ3n) is 3.61. The van der Waals surface area contributed by atoms with E-state index in [2.05, 4.69) is 15.9 Å². The van der Waals surface area contributed by atoms with E-state index in [1.165, 1.54) is 48.1 Å². The quantitative estimate of drug-likeness (QED) is 0.194. The van der Waals surface area contributed by atoms with Crippen molar-refractivity contribution in [2.75, 3.05) is 0 Å². The first-order chi connectivity index (χ1) is 13.3. The molecule has 28 heavy (non-hydrogen) atoms. The Labute approximate surface area is 175 Å². The van der Waals surface area contributed by atoms with Crippen LogP contribution < -0.4 is 4.57 Å². The van der Waals surface area contributed by atoms with Gasteiger partial charge in [-0.25, -0.2) is 4.79 Å². The van der Waals surface area contributed by atoms with E-state index in [4.69, 9.17) is 12.6 Å². The molecule has 1 heterocycles. The number of non-ortho nitro benzene ring substituents is 1. The van der Waals surface area contributed by atoms with Gasteiger partial charge in [0.25, 0.3) is 5.69 Å². The van der Waals surface area contributed by atoms with Crippen molar-refractivity contribution in [1.29, 1.82) is 0 Å². The number of nitrogens with zero attached hydrogens (tertiary/aromatic N) is 2. The van der Waals surface area contributed by atoms with Crippen LogP contribution in [0.15, 0.2) is 82.4 Å². The summed E-state index contributed by atoms with van der Waals surface area (Å²) >= 11 is 8.15. The number of ketones is 1. The molecule has 0 aliphatic carbocycles. The van der Waals surface area contributed by atoms with E-state index in [0.29, 0.717) is 11.1 Å². The van der Waals surface area contributed by atoms with Crippen LogP contribution in [0.2, 0.25) is 0 Å². The predicted octanol–water partition coefficient (Wildman–Crippen LogP) is 4.13. The molecule has 0 saturated heterocycles. The van der Waals surface area contributed by atoms with E-state index >= 15 is 0 Å². The minimum absolute atomic E-state index is 0.0709. The lowest BCUT2D eigenvalue weighted by Crippen LogP contribution is -2.42. The van der Waals surface area contributed by atoms with Gasteiger partial charge in [-0.1, -0.05) is 28.1 Å². The van der Waals surface area contributed by atoms with E-state index in [0.717, 1.165) is 9.37 Å². The molecule has 2 aromatic carbocycles. The summed E-state index contributed by atoms with van der Waals surface area (Å²) in [7, 11) is 0. The van der Waals surface area contributed by atoms with Gasteiger partial charge in [-0.3, -0.25) is 14.9 Å². The monoisotopic (exact) mass is 458 g/mol. The summed E-state index contributed by atoms with van der Waals surface area (Å²) in [5, 5.41) is 10.5. The first kappa shape index (κ1) is 21.3. The predicted molar refractivity (Wildman–Crippen MR) is 109 cm³/mol. The molecule has 142 valence electrons. The maximum atomic E-state index is 12.1. The zero-order valence-corrected chi connectivity index (χ0v) is 17.1. The van der Waals surface area contributed by atoms with Crippen LogP contribution in [0.1, 0.15) is 27.6 Å². The lowest BCUT2D eigenvalue weighted by Gasteiger charge is -2.01. The number of benzene rings is 2. The first-order valence-electron chi connectivity index (χ1n) is 8.02. The minimum atomic E-state index is -0.525. The fraction of sp³-hybridized carbons (Fsp3) is 0.0500. The Balaban J connectivity index is 0.000000292. The first-order valence-corrected chi connectivity index (χ1v) is 9.22. The molecule has 6 nitrogen and oxygen atoms in total. The molecule has 0 spiro atoms. The maximum Gasteiger partial charge on any atom is 0.424 e. The number of nitro groups is 1. The van der Waals surface area contributed by atoms with Crippen LogP contribution in [0.5, 0.6) is 0 Å². The Kier molecular flexibility index (Phi) is 7.48. The second-order valence-corrected chi connectivity index (χ2v) is 7.00. The number of halogens is 1. The number of pyridine rings is 1. The van der Waals surface area contributed by atoms with Gasteiger partial charge in [-0.15, -0.1) is 4.57 Å². The number of aromatic nitrogens is 1. The van der Waals surface area contributed by atoms with E-state index < -0.39 is 4.92 Å². The molecule has 0 unspecified atom stereocenters. The van der Waals surface area contributed by atoms with Gasteiger partial charge in [0.15, 0.2) is 18.2 Å². The van der Waals surface area contributed by atoms with Crippen LogP contribution in [0.25, 0.3) is 0 Å². The van der Waals surface area contributed by atoms with E-state index in [9.17, 15) is 19.7 Å². The molecule has 0 atom stereocenters. The van der Waals surface area contributed by atoms with Crippen molar-refractivity contribution in [1.82, 2.24) is 0 Å². The highest BCUT2D eigenvalue weighted by Gasteiger charge is 2.18. The van der Waals surface area contributed by atoms with Gasteiger partial charge in [0.2, 0.25) is 0 Å². The van der Waals surface area contributed by atoms with Gasteiger partial charge in [0.1, 0.15) is 0 Å². The zero-order chi connectivity index (χ0) is 20.7. The van der Waals surface area contributed by atoms with Gasteiger partial charge >= 0.3 is 5.91 Å². The molecule has 0 N–H and O–H groups in total. The second-order valence-electron chi connectivity index (χ2n) is 5.61. The van der Waals surface area contributed by atoms with Gasteiger partial charge in [0.05, 0.1) is 10.5 Å². The lowest BCUT2D eigenvalue weighted by atomic mass is 10.1. The Hall–Kier alpha value is -2.97. The van der Waals surface area contributed by atoms with E-state index in [1.54, 1.807) is 12.1 Å². The molecule has 0 fully saturated rings. The summed E-state index contributed by atoms with van der Waals surface area (Å²) in [6.07, 6.45) is 2.97. The van der Waals surface area contributed by atoms with Crippen LogP contribution >= 0.6 is 15.9 Å². The molecular formula is C20H15BrN2O4S. The third kappa shape index (κ3) is 6.04. The van der Waals surface area contributed by atoms with E-state index in [1.807, 2.05) is 24.3 Å². The Morgan fingerprint density at radius 2 is 1.46 bits per heavy atom. The smallest absolute Gasteiger partial charge is 0.424 e. The summed E-state index contributed by atoms with van der Waals surface area (Å²) < 4.78 is 2.39. The summed E-state index contributed by atoms with van der Waals surface area (Å²) in [5.41, 5.74) is 0.771. The number of carbonyl (C=O) groups is 2. The fourth-order valence-electron chi connectivity index (χ4n) is 2.11. The summed E-state index contributed by atoms with van der Waals surface area (Å²) in [6.45, 7) is 1.44. The lowest BCUT2D eigenvalue weighted by molar-refractivity contribution is -0.570. The highest BCUT2D eigenvalue weighted by atomic mass is 79.9. The molecule has 0 aliphatic rings. The Bertz CT molecular complexity index is 908. The summed E-state index contributed by atoms with van der Waals surface area (Å²) in [6, 6.07) is 16.1. The second kappa shape index (κ2) is 9.82. The summed E-state index contributed by atoms with van der Waals surface area (Å²) in [4.78, 5) is 34.2. The molecular weight excluding hydrogens is 444 g/mol. The van der Waals surface area contributed by atoms with Crippen molar-refractivity contribution in [2.45, 2.75) is 11.8 Å². The average Bonchev–Trinajstić information content (AvgIpc) is 2.70. The van der Waals surface area contributed by atoms with Crippen molar-refractivity contribution >= 4 is 45.9 Å². The normalized spacial score (nSPS) is 9.79. The molecule has 8 heteroatoms. The molecule has 3 aromatic rings. The SMILES string of the molecule is CC(=O)c1cc[n+](C(=O)c2ccc([N+](=O)[O-])cc2)cc1.[S-]c1ccc(Br)cc1. The maximum absolute atomic E-state index is 12.1. The van der Waals surface area contributed by atoms with Crippen LogP contribution in [0, 0.1) is 10.1 Å². The summed E-state index contributed by atoms with van der Waals surface area (Å²) in [5.74, 6) is -0.407.